The topological polar surface area (TPSA) is 89.1 Å². The van der Waals surface area contributed by atoms with Crippen molar-refractivity contribution in [3.63, 3.8) is 0 Å². The van der Waals surface area contributed by atoms with Gasteiger partial charge in [0.25, 0.3) is 0 Å². The molecule has 1 aliphatic heterocycles. The first-order chi connectivity index (χ1) is 6.75. The molecular formula is C9H9N5. The summed E-state index contributed by atoms with van der Waals surface area (Å²) >= 11 is 0. The van der Waals surface area contributed by atoms with E-state index in [0.29, 0.717) is 17.2 Å². The van der Waals surface area contributed by atoms with Gasteiger partial charge in [-0.1, -0.05) is 0 Å². The molecule has 5 heteroatoms. The number of aliphatic imine (C=N–C) groups is 1. The average molecular weight is 187 g/mol. The molecule has 1 aromatic rings. The van der Waals surface area contributed by atoms with Crippen molar-refractivity contribution in [2.24, 2.45) is 20.9 Å². The minimum atomic E-state index is 0.335. The Labute approximate surface area is 80.9 Å². The lowest BCUT2D eigenvalue weighted by molar-refractivity contribution is 1.27. The first-order valence-corrected chi connectivity index (χ1v) is 4.07. The summed E-state index contributed by atoms with van der Waals surface area (Å²) < 4.78 is 0. The van der Waals surface area contributed by atoms with E-state index in [-0.39, 0.29) is 0 Å². The Kier molecular flexibility index (Phi) is 1.98. The molecular weight excluding hydrogens is 178 g/mol. The van der Waals surface area contributed by atoms with E-state index in [0.717, 1.165) is 5.69 Å². The molecule has 0 saturated heterocycles. The van der Waals surface area contributed by atoms with Crippen LogP contribution in [0.15, 0.2) is 39.5 Å². The fraction of sp³-hybridized carbons (Fsp3) is 0. The van der Waals surface area contributed by atoms with Crippen molar-refractivity contribution in [3.8, 4) is 0 Å². The van der Waals surface area contributed by atoms with Gasteiger partial charge in [-0.2, -0.15) is 5.10 Å². The molecule has 0 bridgehead atoms. The maximum Gasteiger partial charge on any atom is 0.173 e. The van der Waals surface area contributed by atoms with Crippen LogP contribution in [0, 0.1) is 0 Å². The van der Waals surface area contributed by atoms with Crippen LogP contribution in [-0.4, -0.2) is 17.8 Å². The highest BCUT2D eigenvalue weighted by Gasteiger charge is 2.06. The second-order valence-electron chi connectivity index (χ2n) is 2.82. The van der Waals surface area contributed by atoms with Crippen molar-refractivity contribution >= 4 is 29.1 Å². The summed E-state index contributed by atoms with van der Waals surface area (Å²) in [5.74, 6) is 0.335. The molecule has 5 nitrogen and oxygen atoms in total. The van der Waals surface area contributed by atoms with E-state index in [1.54, 1.807) is 12.1 Å². The van der Waals surface area contributed by atoms with Crippen LogP contribution in [0.1, 0.15) is 0 Å². The van der Waals surface area contributed by atoms with Gasteiger partial charge in [0, 0.05) is 5.69 Å². The summed E-state index contributed by atoms with van der Waals surface area (Å²) in [6.07, 6.45) is 1.52. The van der Waals surface area contributed by atoms with Crippen LogP contribution in [0.3, 0.4) is 0 Å². The molecule has 0 atom stereocenters. The number of rotatable bonds is 1. The van der Waals surface area contributed by atoms with E-state index in [1.165, 1.54) is 6.21 Å². The lowest BCUT2D eigenvalue weighted by Crippen LogP contribution is -2.20. The highest BCUT2D eigenvalue weighted by atomic mass is 15.3. The molecule has 0 radical (unpaired) electrons. The van der Waals surface area contributed by atoms with Crippen molar-refractivity contribution in [3.05, 3.63) is 24.3 Å². The molecule has 0 fully saturated rings. The van der Waals surface area contributed by atoms with Crippen LogP contribution in [0.2, 0.25) is 0 Å². The Morgan fingerprint density at radius 3 is 2.36 bits per heavy atom. The molecule has 1 aromatic carbocycles. The molecule has 0 amide bonds. The number of amidine groups is 1. The number of hydrogen-bond acceptors (Lipinski definition) is 5. The number of hydrogen-bond donors (Lipinski definition) is 2. The van der Waals surface area contributed by atoms with Gasteiger partial charge in [0.2, 0.25) is 0 Å². The average Bonchev–Trinajstić information content (AvgIpc) is 2.56. The second kappa shape index (κ2) is 3.29. The van der Waals surface area contributed by atoms with Crippen molar-refractivity contribution in [2.45, 2.75) is 0 Å². The Bertz CT molecular complexity index is 427. The van der Waals surface area contributed by atoms with Gasteiger partial charge in [-0.3, -0.25) is 0 Å². The molecule has 70 valence electrons. The third-order valence-corrected chi connectivity index (χ3v) is 1.75. The van der Waals surface area contributed by atoms with Crippen LogP contribution >= 0.6 is 0 Å². The first-order valence-electron chi connectivity index (χ1n) is 4.07. The number of anilines is 1. The van der Waals surface area contributed by atoms with Crippen LogP contribution < -0.4 is 11.5 Å². The van der Waals surface area contributed by atoms with E-state index < -0.39 is 0 Å². The Balaban J connectivity index is 2.30. The largest absolute Gasteiger partial charge is 0.399 e. The molecule has 1 aliphatic rings. The Morgan fingerprint density at radius 1 is 1.07 bits per heavy atom. The van der Waals surface area contributed by atoms with E-state index in [2.05, 4.69) is 15.2 Å². The number of nitrogens with two attached hydrogens (primary N) is 2. The minimum absolute atomic E-state index is 0.335. The lowest BCUT2D eigenvalue weighted by atomic mass is 10.3. The van der Waals surface area contributed by atoms with Crippen molar-refractivity contribution in [1.29, 1.82) is 0 Å². The summed E-state index contributed by atoms with van der Waals surface area (Å²) in [6, 6.07) is 7.17. The predicted molar refractivity (Wildman–Crippen MR) is 58.1 cm³/mol. The molecule has 0 spiro atoms. The number of benzene rings is 1. The maximum atomic E-state index is 5.54. The monoisotopic (exact) mass is 187 g/mol. The quantitative estimate of drug-likeness (QED) is 0.633. The predicted octanol–water partition coefficient (Wildman–Crippen LogP) is 0.698. The summed E-state index contributed by atoms with van der Waals surface area (Å²) in [5, 5.41) is 7.28. The van der Waals surface area contributed by atoms with Crippen LogP contribution in [0.25, 0.3) is 0 Å². The third kappa shape index (κ3) is 1.61. The molecule has 0 unspecified atom stereocenters. The van der Waals surface area contributed by atoms with Gasteiger partial charge in [-0.25, -0.2) is 4.99 Å². The standard InChI is InChI=1S/C9H9N5/c10-6-1-3-7(4-2-6)13-8-5-12-14-9(8)11/h1-5H,10H2,(H2,11,13,14). The fourth-order valence-corrected chi connectivity index (χ4v) is 1.04. The highest BCUT2D eigenvalue weighted by Crippen LogP contribution is 2.14. The van der Waals surface area contributed by atoms with Gasteiger partial charge in [0.05, 0.1) is 11.9 Å². The van der Waals surface area contributed by atoms with Crippen molar-refractivity contribution in [1.82, 2.24) is 0 Å². The molecule has 0 saturated carbocycles. The van der Waals surface area contributed by atoms with Crippen LogP contribution in [-0.2, 0) is 0 Å². The highest BCUT2D eigenvalue weighted by molar-refractivity contribution is 6.63. The smallest absolute Gasteiger partial charge is 0.173 e. The van der Waals surface area contributed by atoms with Crippen molar-refractivity contribution in [2.75, 3.05) is 5.73 Å². The summed E-state index contributed by atoms with van der Waals surface area (Å²) in [7, 11) is 0. The molecule has 1 heterocycles. The first kappa shape index (κ1) is 8.43. The van der Waals surface area contributed by atoms with Gasteiger partial charge in [0.15, 0.2) is 5.84 Å². The Hall–Kier alpha value is -2.17. The zero-order valence-electron chi connectivity index (χ0n) is 7.38. The molecule has 0 aromatic heterocycles. The fourth-order valence-electron chi connectivity index (χ4n) is 1.04. The lowest BCUT2D eigenvalue weighted by Gasteiger charge is -1.96. The van der Waals surface area contributed by atoms with E-state index in [9.17, 15) is 0 Å². The molecule has 14 heavy (non-hydrogen) atoms. The normalized spacial score (nSPS) is 17.4. The number of nitrogens with zero attached hydrogens (tertiary/aromatic N) is 3. The SMILES string of the molecule is NC1=NN=CC1=Nc1ccc(N)cc1. The van der Waals surface area contributed by atoms with E-state index in [4.69, 9.17) is 11.5 Å². The van der Waals surface area contributed by atoms with Crippen LogP contribution in [0.4, 0.5) is 11.4 Å². The van der Waals surface area contributed by atoms with Crippen molar-refractivity contribution < 1.29 is 0 Å². The van der Waals surface area contributed by atoms with E-state index >= 15 is 0 Å². The van der Waals surface area contributed by atoms with E-state index in [1.807, 2.05) is 12.1 Å². The zero-order chi connectivity index (χ0) is 9.97. The second-order valence-corrected chi connectivity index (χ2v) is 2.82. The summed E-state index contributed by atoms with van der Waals surface area (Å²) in [4.78, 5) is 4.24. The van der Waals surface area contributed by atoms with Gasteiger partial charge < -0.3 is 11.5 Å². The number of nitrogen functional groups attached to an aromatic ring is 1. The van der Waals surface area contributed by atoms with Gasteiger partial charge in [-0.15, -0.1) is 5.10 Å². The third-order valence-electron chi connectivity index (χ3n) is 1.75. The summed E-state index contributed by atoms with van der Waals surface area (Å²) in [6.45, 7) is 0. The van der Waals surface area contributed by atoms with Crippen LogP contribution in [0.5, 0.6) is 0 Å². The molecule has 0 aliphatic carbocycles. The Morgan fingerprint density at radius 2 is 1.79 bits per heavy atom. The van der Waals surface area contributed by atoms with Gasteiger partial charge in [-0.05, 0) is 24.3 Å². The minimum Gasteiger partial charge on any atom is -0.399 e. The van der Waals surface area contributed by atoms with Gasteiger partial charge >= 0.3 is 0 Å². The zero-order valence-corrected chi connectivity index (χ0v) is 7.38. The summed E-state index contributed by atoms with van der Waals surface area (Å²) in [5.41, 5.74) is 13.1. The maximum absolute atomic E-state index is 5.54. The van der Waals surface area contributed by atoms with Gasteiger partial charge in [0.1, 0.15) is 5.71 Å². The molecule has 2 rings (SSSR count). The molecule has 4 N–H and O–H groups in total.